The minimum absolute atomic E-state index is 0.0830. The monoisotopic (exact) mass is 437 g/mol. The summed E-state index contributed by atoms with van der Waals surface area (Å²) in [7, 11) is -3.57. The van der Waals surface area contributed by atoms with Gasteiger partial charge in [-0.2, -0.15) is 4.31 Å². The molecule has 1 fully saturated rings. The van der Waals surface area contributed by atoms with Crippen molar-refractivity contribution in [1.29, 1.82) is 0 Å². The molecule has 1 aliphatic heterocycles. The minimum Gasteiger partial charge on any atom is -0.379 e. The Hall–Kier alpha value is -2.46. The molecule has 0 radical (unpaired) electrons. The van der Waals surface area contributed by atoms with E-state index in [0.29, 0.717) is 42.6 Å². The summed E-state index contributed by atoms with van der Waals surface area (Å²) in [5, 5.41) is 5.39. The van der Waals surface area contributed by atoms with Gasteiger partial charge in [-0.05, 0) is 35.9 Å². The Morgan fingerprint density at radius 2 is 1.72 bits per heavy atom. The molecular formula is C19H20ClN3O5S. The summed E-state index contributed by atoms with van der Waals surface area (Å²) in [5.74, 6) is -1.63. The van der Waals surface area contributed by atoms with Crippen molar-refractivity contribution in [3.05, 3.63) is 59.1 Å². The standard InChI is InChI=1S/C19H20ClN3O5S/c20-15-2-1-3-16(12-15)22-19(25)18(24)21-13-14-4-6-17(7-5-14)29(26,27)23-8-10-28-11-9-23/h1-7,12H,8-11,13H2,(H,21,24)(H,22,25). The predicted molar refractivity (Wildman–Crippen MR) is 108 cm³/mol. The highest BCUT2D eigenvalue weighted by molar-refractivity contribution is 7.89. The third-order valence-electron chi connectivity index (χ3n) is 4.27. The maximum Gasteiger partial charge on any atom is 0.313 e. The second kappa shape index (κ2) is 9.36. The third-order valence-corrected chi connectivity index (χ3v) is 6.42. The van der Waals surface area contributed by atoms with Crippen LogP contribution in [0.25, 0.3) is 0 Å². The number of hydrogen-bond donors (Lipinski definition) is 2. The molecular weight excluding hydrogens is 418 g/mol. The number of nitrogens with zero attached hydrogens (tertiary/aromatic N) is 1. The SMILES string of the molecule is O=C(NCc1ccc(S(=O)(=O)N2CCOCC2)cc1)C(=O)Nc1cccc(Cl)c1. The average Bonchev–Trinajstić information content (AvgIpc) is 2.73. The van der Waals surface area contributed by atoms with Gasteiger partial charge in [0.2, 0.25) is 10.0 Å². The number of carbonyl (C=O) groups excluding carboxylic acids is 2. The molecule has 8 nitrogen and oxygen atoms in total. The van der Waals surface area contributed by atoms with Crippen LogP contribution < -0.4 is 10.6 Å². The van der Waals surface area contributed by atoms with Gasteiger partial charge in [0.15, 0.2) is 0 Å². The summed E-state index contributed by atoms with van der Waals surface area (Å²) in [6, 6.07) is 12.6. The summed E-state index contributed by atoms with van der Waals surface area (Å²) in [6.07, 6.45) is 0. The number of carbonyl (C=O) groups is 2. The average molecular weight is 438 g/mol. The lowest BCUT2D eigenvalue weighted by Gasteiger charge is -2.26. The van der Waals surface area contributed by atoms with Crippen molar-refractivity contribution in [2.24, 2.45) is 0 Å². The van der Waals surface area contributed by atoms with Crippen LogP contribution in [0.5, 0.6) is 0 Å². The highest BCUT2D eigenvalue weighted by Crippen LogP contribution is 2.18. The summed E-state index contributed by atoms with van der Waals surface area (Å²) >= 11 is 5.84. The van der Waals surface area contributed by atoms with E-state index in [0.717, 1.165) is 0 Å². The maximum atomic E-state index is 12.6. The molecule has 3 rings (SSSR count). The molecule has 29 heavy (non-hydrogen) atoms. The summed E-state index contributed by atoms with van der Waals surface area (Å²) in [5.41, 5.74) is 1.07. The number of amides is 2. The topological polar surface area (TPSA) is 105 Å². The molecule has 2 N–H and O–H groups in total. The minimum atomic E-state index is -3.57. The lowest BCUT2D eigenvalue weighted by atomic mass is 10.2. The first-order valence-electron chi connectivity index (χ1n) is 8.88. The highest BCUT2D eigenvalue weighted by atomic mass is 35.5. The molecule has 2 amide bonds. The van der Waals surface area contributed by atoms with Gasteiger partial charge in [0, 0.05) is 30.3 Å². The molecule has 0 saturated carbocycles. The van der Waals surface area contributed by atoms with Gasteiger partial charge < -0.3 is 15.4 Å². The van der Waals surface area contributed by atoms with Crippen molar-refractivity contribution in [2.75, 3.05) is 31.6 Å². The van der Waals surface area contributed by atoms with E-state index in [-0.39, 0.29) is 11.4 Å². The molecule has 2 aromatic carbocycles. The fraction of sp³-hybridized carbons (Fsp3) is 0.263. The number of halogens is 1. The number of sulfonamides is 1. The first-order chi connectivity index (χ1) is 13.9. The Kier molecular flexibility index (Phi) is 6.86. The quantitative estimate of drug-likeness (QED) is 0.691. The molecule has 0 aliphatic carbocycles. The van der Waals surface area contributed by atoms with Crippen molar-refractivity contribution < 1.29 is 22.7 Å². The molecule has 0 bridgehead atoms. The molecule has 0 atom stereocenters. The van der Waals surface area contributed by atoms with Gasteiger partial charge in [-0.15, -0.1) is 0 Å². The second-order valence-electron chi connectivity index (χ2n) is 6.31. The van der Waals surface area contributed by atoms with Crippen LogP contribution in [-0.2, 0) is 30.9 Å². The Balaban J connectivity index is 1.55. The van der Waals surface area contributed by atoms with Gasteiger partial charge in [0.25, 0.3) is 0 Å². The third kappa shape index (κ3) is 5.54. The molecule has 0 spiro atoms. The maximum absolute atomic E-state index is 12.6. The largest absolute Gasteiger partial charge is 0.379 e. The number of ether oxygens (including phenoxy) is 1. The smallest absolute Gasteiger partial charge is 0.313 e. The van der Waals surface area contributed by atoms with Crippen LogP contribution >= 0.6 is 11.6 Å². The fourth-order valence-corrected chi connectivity index (χ4v) is 4.33. The molecule has 1 heterocycles. The molecule has 0 aromatic heterocycles. The van der Waals surface area contributed by atoms with Crippen LogP contribution in [-0.4, -0.2) is 50.8 Å². The van der Waals surface area contributed by atoms with E-state index in [2.05, 4.69) is 10.6 Å². The van der Waals surface area contributed by atoms with Crippen molar-refractivity contribution in [2.45, 2.75) is 11.4 Å². The van der Waals surface area contributed by atoms with Gasteiger partial charge >= 0.3 is 11.8 Å². The van der Waals surface area contributed by atoms with E-state index in [1.165, 1.54) is 22.5 Å². The Morgan fingerprint density at radius 3 is 2.38 bits per heavy atom. The summed E-state index contributed by atoms with van der Waals surface area (Å²) in [6.45, 7) is 1.48. The van der Waals surface area contributed by atoms with E-state index in [1.807, 2.05) is 0 Å². The van der Waals surface area contributed by atoms with Crippen LogP contribution in [0.3, 0.4) is 0 Å². The molecule has 0 unspecified atom stereocenters. The van der Waals surface area contributed by atoms with Crippen molar-refractivity contribution in [3.63, 3.8) is 0 Å². The fourth-order valence-electron chi connectivity index (χ4n) is 2.73. The van der Waals surface area contributed by atoms with Gasteiger partial charge in [0.05, 0.1) is 18.1 Å². The van der Waals surface area contributed by atoms with Gasteiger partial charge in [0.1, 0.15) is 0 Å². The lowest BCUT2D eigenvalue weighted by Crippen LogP contribution is -2.40. The van der Waals surface area contributed by atoms with E-state index < -0.39 is 21.8 Å². The number of rotatable bonds is 5. The molecule has 154 valence electrons. The Bertz CT molecular complexity index is 989. The number of hydrogen-bond acceptors (Lipinski definition) is 5. The van der Waals surface area contributed by atoms with Gasteiger partial charge in [-0.1, -0.05) is 29.8 Å². The molecule has 2 aromatic rings. The van der Waals surface area contributed by atoms with Crippen molar-refractivity contribution in [3.8, 4) is 0 Å². The molecule has 1 aliphatic rings. The molecule has 10 heteroatoms. The normalized spacial score (nSPS) is 14.9. The highest BCUT2D eigenvalue weighted by Gasteiger charge is 2.26. The number of morpholine rings is 1. The zero-order chi connectivity index (χ0) is 20.9. The Labute approximate surface area is 173 Å². The molecule has 1 saturated heterocycles. The van der Waals surface area contributed by atoms with E-state index >= 15 is 0 Å². The van der Waals surface area contributed by atoms with Crippen LogP contribution in [0.15, 0.2) is 53.4 Å². The van der Waals surface area contributed by atoms with E-state index in [4.69, 9.17) is 16.3 Å². The van der Waals surface area contributed by atoms with Gasteiger partial charge in [-0.3, -0.25) is 9.59 Å². The second-order valence-corrected chi connectivity index (χ2v) is 8.68. The zero-order valence-corrected chi connectivity index (χ0v) is 17.0. The number of anilines is 1. The predicted octanol–water partition coefficient (Wildman–Crippen LogP) is 1.62. The van der Waals surface area contributed by atoms with Crippen LogP contribution in [0.4, 0.5) is 5.69 Å². The zero-order valence-electron chi connectivity index (χ0n) is 15.4. The van der Waals surface area contributed by atoms with E-state index in [9.17, 15) is 18.0 Å². The van der Waals surface area contributed by atoms with Crippen molar-refractivity contribution in [1.82, 2.24) is 9.62 Å². The van der Waals surface area contributed by atoms with Crippen LogP contribution in [0.1, 0.15) is 5.56 Å². The van der Waals surface area contributed by atoms with E-state index in [1.54, 1.807) is 30.3 Å². The number of nitrogens with one attached hydrogen (secondary N) is 2. The summed E-state index contributed by atoms with van der Waals surface area (Å²) in [4.78, 5) is 24.1. The van der Waals surface area contributed by atoms with Crippen LogP contribution in [0.2, 0.25) is 5.02 Å². The van der Waals surface area contributed by atoms with Gasteiger partial charge in [-0.25, -0.2) is 8.42 Å². The first-order valence-corrected chi connectivity index (χ1v) is 10.7. The first kappa shape index (κ1) is 21.3. The summed E-state index contributed by atoms with van der Waals surface area (Å²) < 4.78 is 31.7. The van der Waals surface area contributed by atoms with Crippen molar-refractivity contribution >= 4 is 39.1 Å². The lowest BCUT2D eigenvalue weighted by molar-refractivity contribution is -0.136. The van der Waals surface area contributed by atoms with Crippen LogP contribution in [0, 0.1) is 0 Å². The number of benzene rings is 2. The Morgan fingerprint density at radius 1 is 1.03 bits per heavy atom.